The van der Waals surface area contributed by atoms with Gasteiger partial charge in [-0.05, 0) is 148 Å². The van der Waals surface area contributed by atoms with E-state index in [-0.39, 0.29) is 37.5 Å². The van der Waals surface area contributed by atoms with E-state index in [0.717, 1.165) is 141 Å². The monoisotopic (exact) mass is 1120 g/mol. The minimum atomic E-state index is -0.821. The summed E-state index contributed by atoms with van der Waals surface area (Å²) in [6, 6.07) is 0. The van der Waals surface area contributed by atoms with Gasteiger partial charge in [0, 0.05) is 19.3 Å². The van der Waals surface area contributed by atoms with Crippen LogP contribution in [0.1, 0.15) is 278 Å². The SMILES string of the molecule is CC/C=C\C/C=C\C/C=C\C/C=C\C/C=C\C/C=C\C/C=C\C/C=C\C/C=C\CCCC(=O)OCC(COC(=O)CCCCCCC/C=C\C/C=C\CCCCCC)OC(=O)CCCCCCCCC/C=C\C/C=C\CCCCCC. The van der Waals surface area contributed by atoms with E-state index in [1.807, 2.05) is 0 Å². The molecule has 1 atom stereocenters. The average Bonchev–Trinajstić information content (AvgIpc) is 3.47. The zero-order chi connectivity index (χ0) is 58.5. The molecule has 0 radical (unpaired) electrons. The predicted molar refractivity (Wildman–Crippen MR) is 352 cm³/mol. The Morgan fingerprint density at radius 3 is 0.802 bits per heavy atom. The molecule has 0 aromatic heterocycles. The Morgan fingerprint density at radius 2 is 0.494 bits per heavy atom. The first-order chi connectivity index (χ1) is 40.0. The number of esters is 3. The van der Waals surface area contributed by atoms with Crippen molar-refractivity contribution in [2.45, 2.75) is 284 Å². The molecular formula is C75H120O6. The lowest BCUT2D eigenvalue weighted by molar-refractivity contribution is -0.167. The zero-order valence-corrected chi connectivity index (χ0v) is 52.2. The number of carbonyl (C=O) groups is 3. The largest absolute Gasteiger partial charge is 0.462 e. The lowest BCUT2D eigenvalue weighted by Crippen LogP contribution is -2.30. The van der Waals surface area contributed by atoms with Crippen LogP contribution < -0.4 is 0 Å². The van der Waals surface area contributed by atoms with Crippen LogP contribution in [0, 0.1) is 0 Å². The molecule has 0 saturated heterocycles. The number of hydrogen-bond donors (Lipinski definition) is 0. The summed E-state index contributed by atoms with van der Waals surface area (Å²) >= 11 is 0. The number of rotatable bonds is 58. The fourth-order valence-electron chi connectivity index (χ4n) is 8.56. The molecule has 0 saturated carbocycles. The smallest absolute Gasteiger partial charge is 0.306 e. The minimum Gasteiger partial charge on any atom is -0.462 e. The van der Waals surface area contributed by atoms with Gasteiger partial charge in [0.2, 0.25) is 0 Å². The second kappa shape index (κ2) is 67.5. The van der Waals surface area contributed by atoms with Gasteiger partial charge in [0.15, 0.2) is 6.10 Å². The van der Waals surface area contributed by atoms with Gasteiger partial charge in [0.25, 0.3) is 0 Å². The lowest BCUT2D eigenvalue weighted by atomic mass is 10.1. The van der Waals surface area contributed by atoms with Crippen molar-refractivity contribution >= 4 is 17.9 Å². The summed E-state index contributed by atoms with van der Waals surface area (Å²) < 4.78 is 16.9. The van der Waals surface area contributed by atoms with Gasteiger partial charge in [0.05, 0.1) is 0 Å². The molecule has 0 heterocycles. The van der Waals surface area contributed by atoms with Gasteiger partial charge in [-0.3, -0.25) is 14.4 Å². The van der Waals surface area contributed by atoms with E-state index in [4.69, 9.17) is 14.2 Å². The second-order valence-corrected chi connectivity index (χ2v) is 21.3. The van der Waals surface area contributed by atoms with E-state index < -0.39 is 6.10 Å². The molecule has 0 aromatic carbocycles. The van der Waals surface area contributed by atoms with Crippen molar-refractivity contribution in [3.8, 4) is 0 Å². The summed E-state index contributed by atoms with van der Waals surface area (Å²) in [6.07, 6.45) is 98.2. The molecule has 81 heavy (non-hydrogen) atoms. The summed E-state index contributed by atoms with van der Waals surface area (Å²) in [5.74, 6) is -0.996. The molecule has 6 heteroatoms. The van der Waals surface area contributed by atoms with Crippen molar-refractivity contribution in [3.05, 3.63) is 158 Å². The van der Waals surface area contributed by atoms with E-state index in [2.05, 4.69) is 179 Å². The molecule has 0 rings (SSSR count). The molecule has 0 aromatic rings. The van der Waals surface area contributed by atoms with Gasteiger partial charge in [-0.15, -0.1) is 0 Å². The Labute approximate surface area is 499 Å². The van der Waals surface area contributed by atoms with Gasteiger partial charge in [-0.1, -0.05) is 269 Å². The normalized spacial score (nSPS) is 13.2. The molecule has 0 N–H and O–H groups in total. The van der Waals surface area contributed by atoms with Crippen LogP contribution in [0.15, 0.2) is 158 Å². The molecule has 0 fully saturated rings. The molecule has 0 bridgehead atoms. The van der Waals surface area contributed by atoms with Crippen molar-refractivity contribution in [2.75, 3.05) is 13.2 Å². The van der Waals surface area contributed by atoms with Gasteiger partial charge in [0.1, 0.15) is 13.2 Å². The lowest BCUT2D eigenvalue weighted by Gasteiger charge is -2.18. The van der Waals surface area contributed by atoms with Crippen molar-refractivity contribution in [1.29, 1.82) is 0 Å². The second-order valence-electron chi connectivity index (χ2n) is 21.3. The van der Waals surface area contributed by atoms with Crippen LogP contribution in [-0.2, 0) is 28.6 Å². The summed E-state index contributed by atoms with van der Waals surface area (Å²) in [6.45, 7) is 6.43. The third kappa shape index (κ3) is 65.7. The first kappa shape index (κ1) is 76.0. The molecule has 0 spiro atoms. The fraction of sp³-hybridized carbons (Fsp3) is 0.613. The number of unbranched alkanes of at least 4 members (excludes halogenated alkanes) is 21. The summed E-state index contributed by atoms with van der Waals surface area (Å²) in [5, 5.41) is 0. The number of ether oxygens (including phenoxy) is 3. The van der Waals surface area contributed by atoms with Gasteiger partial charge >= 0.3 is 17.9 Å². The van der Waals surface area contributed by atoms with Gasteiger partial charge < -0.3 is 14.2 Å². The predicted octanol–water partition coefficient (Wildman–Crippen LogP) is 22.9. The highest BCUT2D eigenvalue weighted by molar-refractivity contribution is 5.71. The van der Waals surface area contributed by atoms with E-state index in [9.17, 15) is 14.4 Å². The number of hydrogen-bond acceptors (Lipinski definition) is 6. The van der Waals surface area contributed by atoms with Crippen LogP contribution in [0.3, 0.4) is 0 Å². The Balaban J connectivity index is 4.51. The molecular weight excluding hydrogens is 997 g/mol. The highest BCUT2D eigenvalue weighted by atomic mass is 16.6. The standard InChI is InChI=1S/C75H120O6/c1-4-7-10-13-16-19-22-25-28-31-33-34-35-36-37-38-39-40-41-42-43-45-47-50-53-56-59-62-65-68-74(77)80-71-72(70-79-73(76)67-64-61-58-55-52-49-46-30-27-24-21-18-15-12-9-6-3)81-75(78)69-66-63-60-57-54-51-48-44-32-29-26-23-20-17-14-11-8-5-2/h7,10,16,19-21,23-25,28-30,32-34,36-37,39-40,42-43,46-47,50,56,59,72H,4-6,8-9,11-15,17-18,22,26-27,31,35,38,41,44-45,48-49,51-55,57-58,60-71H2,1-3H3/b10-7-,19-16-,23-20-,24-21-,28-25-,32-29-,34-33-,37-36-,40-39-,43-42-,46-30-,50-47-,59-56-. The quantitative estimate of drug-likeness (QED) is 0.0261. The van der Waals surface area contributed by atoms with Crippen molar-refractivity contribution < 1.29 is 28.6 Å². The fourth-order valence-corrected chi connectivity index (χ4v) is 8.56. The van der Waals surface area contributed by atoms with Gasteiger partial charge in [-0.2, -0.15) is 0 Å². The molecule has 0 aliphatic heterocycles. The number of carbonyl (C=O) groups excluding carboxylic acids is 3. The first-order valence-electron chi connectivity index (χ1n) is 33.0. The Kier molecular flexibility index (Phi) is 63.4. The molecule has 0 aliphatic rings. The Bertz CT molecular complexity index is 1810. The summed E-state index contributed by atoms with van der Waals surface area (Å²) in [4.78, 5) is 38.3. The summed E-state index contributed by atoms with van der Waals surface area (Å²) in [5.41, 5.74) is 0. The maximum Gasteiger partial charge on any atom is 0.306 e. The van der Waals surface area contributed by atoms with E-state index in [1.165, 1.54) is 89.9 Å². The van der Waals surface area contributed by atoms with E-state index in [0.29, 0.717) is 19.3 Å². The van der Waals surface area contributed by atoms with Crippen LogP contribution in [0.4, 0.5) is 0 Å². The van der Waals surface area contributed by atoms with Crippen LogP contribution >= 0.6 is 0 Å². The molecule has 0 amide bonds. The van der Waals surface area contributed by atoms with E-state index in [1.54, 1.807) is 0 Å². The van der Waals surface area contributed by atoms with Crippen LogP contribution in [0.25, 0.3) is 0 Å². The van der Waals surface area contributed by atoms with Crippen LogP contribution in [-0.4, -0.2) is 37.2 Å². The maximum atomic E-state index is 12.9. The van der Waals surface area contributed by atoms with Crippen molar-refractivity contribution in [1.82, 2.24) is 0 Å². The maximum absolute atomic E-state index is 12.9. The zero-order valence-electron chi connectivity index (χ0n) is 52.2. The van der Waals surface area contributed by atoms with Crippen LogP contribution in [0.5, 0.6) is 0 Å². The highest BCUT2D eigenvalue weighted by Gasteiger charge is 2.19. The molecule has 456 valence electrons. The average molecular weight is 1120 g/mol. The Morgan fingerprint density at radius 1 is 0.259 bits per heavy atom. The highest BCUT2D eigenvalue weighted by Crippen LogP contribution is 2.14. The third-order valence-electron chi connectivity index (χ3n) is 13.5. The first-order valence-corrected chi connectivity index (χ1v) is 33.0. The van der Waals surface area contributed by atoms with Crippen LogP contribution in [0.2, 0.25) is 0 Å². The Hall–Kier alpha value is -4.97. The number of allylic oxidation sites excluding steroid dienone is 26. The summed E-state index contributed by atoms with van der Waals surface area (Å²) in [7, 11) is 0. The molecule has 6 nitrogen and oxygen atoms in total. The van der Waals surface area contributed by atoms with Crippen molar-refractivity contribution in [2.24, 2.45) is 0 Å². The topological polar surface area (TPSA) is 78.9 Å². The van der Waals surface area contributed by atoms with Crippen molar-refractivity contribution in [3.63, 3.8) is 0 Å². The minimum absolute atomic E-state index is 0.112. The molecule has 0 aliphatic carbocycles. The van der Waals surface area contributed by atoms with E-state index >= 15 is 0 Å². The molecule has 1 unspecified atom stereocenters. The van der Waals surface area contributed by atoms with Gasteiger partial charge in [-0.25, -0.2) is 0 Å². The third-order valence-corrected chi connectivity index (χ3v) is 13.5.